The van der Waals surface area contributed by atoms with E-state index in [2.05, 4.69) is 22.2 Å². The zero-order valence-electron chi connectivity index (χ0n) is 15.8. The average molecular weight is 352 g/mol. The van der Waals surface area contributed by atoms with Gasteiger partial charge < -0.3 is 25.0 Å². The zero-order valence-corrected chi connectivity index (χ0v) is 15.8. The van der Waals surface area contributed by atoms with E-state index in [0.29, 0.717) is 25.7 Å². The third-order valence-corrected chi connectivity index (χ3v) is 4.46. The second-order valence-corrected chi connectivity index (χ2v) is 7.17. The fourth-order valence-electron chi connectivity index (χ4n) is 2.98. The van der Waals surface area contributed by atoms with Gasteiger partial charge in [0.1, 0.15) is 12.6 Å². The largest absolute Gasteiger partial charge is 0.354 e. The molecule has 25 heavy (non-hydrogen) atoms. The lowest BCUT2D eigenvalue weighted by Gasteiger charge is -2.31. The minimum Gasteiger partial charge on any atom is -0.354 e. The predicted octanol–water partition coefficient (Wildman–Crippen LogP) is 1.26. The normalized spacial score (nSPS) is 22.7. The SMILES string of the molecule is C=C(C)CNC(=NCC(=O)N(C)C)NCC1COC2(CCCCC2)O1. The third-order valence-electron chi connectivity index (χ3n) is 4.46. The van der Waals surface area contributed by atoms with Gasteiger partial charge in [-0.2, -0.15) is 0 Å². The molecule has 2 rings (SSSR count). The molecular formula is C18H32N4O3. The van der Waals surface area contributed by atoms with Gasteiger partial charge in [0.15, 0.2) is 11.7 Å². The summed E-state index contributed by atoms with van der Waals surface area (Å²) in [4.78, 5) is 17.6. The fourth-order valence-corrected chi connectivity index (χ4v) is 2.98. The topological polar surface area (TPSA) is 75.2 Å². The van der Waals surface area contributed by atoms with Crippen molar-refractivity contribution < 1.29 is 14.3 Å². The number of rotatable bonds is 6. The highest BCUT2D eigenvalue weighted by Crippen LogP contribution is 2.37. The Morgan fingerprint density at radius 1 is 1.28 bits per heavy atom. The molecule has 1 amide bonds. The van der Waals surface area contributed by atoms with Crippen LogP contribution in [0.15, 0.2) is 17.1 Å². The van der Waals surface area contributed by atoms with Crippen LogP contribution in [-0.4, -0.2) is 69.0 Å². The minimum atomic E-state index is -0.367. The summed E-state index contributed by atoms with van der Waals surface area (Å²) in [6, 6.07) is 0. The Hall–Kier alpha value is -1.60. The highest BCUT2D eigenvalue weighted by Gasteiger charge is 2.42. The van der Waals surface area contributed by atoms with Crippen molar-refractivity contribution in [1.82, 2.24) is 15.5 Å². The Kier molecular flexibility index (Phi) is 7.25. The van der Waals surface area contributed by atoms with Crippen LogP contribution in [0.4, 0.5) is 0 Å². The van der Waals surface area contributed by atoms with Crippen LogP contribution in [0.1, 0.15) is 39.0 Å². The van der Waals surface area contributed by atoms with Crippen molar-refractivity contribution in [3.8, 4) is 0 Å². The van der Waals surface area contributed by atoms with Gasteiger partial charge in [-0.25, -0.2) is 4.99 Å². The smallest absolute Gasteiger partial charge is 0.243 e. The van der Waals surface area contributed by atoms with Crippen molar-refractivity contribution >= 4 is 11.9 Å². The maximum absolute atomic E-state index is 11.7. The van der Waals surface area contributed by atoms with E-state index in [1.54, 1.807) is 14.1 Å². The molecule has 1 spiro atoms. The number of amides is 1. The highest BCUT2D eigenvalue weighted by atomic mass is 16.7. The predicted molar refractivity (Wildman–Crippen MR) is 98.5 cm³/mol. The summed E-state index contributed by atoms with van der Waals surface area (Å²) in [6.07, 6.45) is 5.56. The van der Waals surface area contributed by atoms with Crippen molar-refractivity contribution in [1.29, 1.82) is 0 Å². The van der Waals surface area contributed by atoms with Crippen molar-refractivity contribution in [3.63, 3.8) is 0 Å². The van der Waals surface area contributed by atoms with Crippen LogP contribution in [-0.2, 0) is 14.3 Å². The molecule has 1 saturated heterocycles. The van der Waals surface area contributed by atoms with Crippen molar-refractivity contribution in [2.24, 2.45) is 4.99 Å². The lowest BCUT2D eigenvalue weighted by Crippen LogP contribution is -2.43. The Labute approximate surface area is 150 Å². The van der Waals surface area contributed by atoms with E-state index in [1.165, 1.54) is 24.2 Å². The average Bonchev–Trinajstić information content (AvgIpc) is 2.96. The number of carbonyl (C=O) groups excluding carboxylic acids is 1. The number of ether oxygens (including phenoxy) is 2. The second-order valence-electron chi connectivity index (χ2n) is 7.17. The summed E-state index contributed by atoms with van der Waals surface area (Å²) >= 11 is 0. The van der Waals surface area contributed by atoms with E-state index in [9.17, 15) is 4.79 Å². The molecule has 1 aliphatic carbocycles. The molecule has 142 valence electrons. The molecule has 7 heteroatoms. The number of carbonyl (C=O) groups is 1. The van der Waals surface area contributed by atoms with E-state index in [4.69, 9.17) is 9.47 Å². The number of aliphatic imine (C=N–C) groups is 1. The fraction of sp³-hybridized carbons (Fsp3) is 0.778. The first-order valence-electron chi connectivity index (χ1n) is 9.09. The molecule has 0 aromatic rings. The summed E-state index contributed by atoms with van der Waals surface area (Å²) in [5, 5.41) is 6.44. The van der Waals surface area contributed by atoms with Crippen molar-refractivity contribution in [3.05, 3.63) is 12.2 Å². The van der Waals surface area contributed by atoms with Crippen LogP contribution in [0.3, 0.4) is 0 Å². The van der Waals surface area contributed by atoms with E-state index in [1.807, 2.05) is 6.92 Å². The second kappa shape index (κ2) is 9.20. The van der Waals surface area contributed by atoms with E-state index >= 15 is 0 Å². The van der Waals surface area contributed by atoms with Gasteiger partial charge in [0.05, 0.1) is 6.61 Å². The first-order valence-corrected chi connectivity index (χ1v) is 9.09. The molecule has 0 bridgehead atoms. The van der Waals surface area contributed by atoms with Gasteiger partial charge in [-0.05, 0) is 19.8 Å². The third kappa shape index (κ3) is 6.32. The van der Waals surface area contributed by atoms with Crippen LogP contribution in [0.2, 0.25) is 0 Å². The van der Waals surface area contributed by atoms with Gasteiger partial charge in [0.25, 0.3) is 0 Å². The molecule has 1 atom stereocenters. The van der Waals surface area contributed by atoms with Gasteiger partial charge in [0, 0.05) is 40.0 Å². The molecule has 1 heterocycles. The molecule has 1 unspecified atom stereocenters. The van der Waals surface area contributed by atoms with Gasteiger partial charge in [-0.1, -0.05) is 18.6 Å². The van der Waals surface area contributed by atoms with Crippen LogP contribution >= 0.6 is 0 Å². The molecule has 7 nitrogen and oxygen atoms in total. The molecule has 1 aliphatic heterocycles. The molecular weight excluding hydrogens is 320 g/mol. The first-order chi connectivity index (χ1) is 11.9. The van der Waals surface area contributed by atoms with E-state index < -0.39 is 0 Å². The molecule has 0 radical (unpaired) electrons. The monoisotopic (exact) mass is 352 g/mol. The molecule has 0 aromatic carbocycles. The van der Waals surface area contributed by atoms with Crippen LogP contribution in [0.25, 0.3) is 0 Å². The molecule has 1 saturated carbocycles. The maximum Gasteiger partial charge on any atom is 0.243 e. The van der Waals surface area contributed by atoms with Crippen LogP contribution in [0, 0.1) is 0 Å². The van der Waals surface area contributed by atoms with Crippen molar-refractivity contribution in [2.75, 3.05) is 40.3 Å². The Balaban J connectivity index is 1.84. The number of nitrogens with one attached hydrogen (secondary N) is 2. The molecule has 0 aromatic heterocycles. The lowest BCUT2D eigenvalue weighted by molar-refractivity contribution is -0.186. The Morgan fingerprint density at radius 2 is 2.00 bits per heavy atom. The quantitative estimate of drug-likeness (QED) is 0.428. The van der Waals surface area contributed by atoms with Gasteiger partial charge in [-0.3, -0.25) is 4.79 Å². The summed E-state index contributed by atoms with van der Waals surface area (Å²) < 4.78 is 12.1. The summed E-state index contributed by atoms with van der Waals surface area (Å²) in [5.41, 5.74) is 0.995. The number of guanidine groups is 1. The molecule has 2 N–H and O–H groups in total. The summed E-state index contributed by atoms with van der Waals surface area (Å²) in [7, 11) is 3.44. The molecule has 2 fully saturated rings. The summed E-state index contributed by atoms with van der Waals surface area (Å²) in [6.45, 7) is 7.72. The number of hydrogen-bond acceptors (Lipinski definition) is 4. The van der Waals surface area contributed by atoms with Gasteiger partial charge >= 0.3 is 0 Å². The van der Waals surface area contributed by atoms with Crippen molar-refractivity contribution in [2.45, 2.75) is 50.9 Å². The molecule has 2 aliphatic rings. The minimum absolute atomic E-state index is 0.000483. The Bertz CT molecular complexity index is 499. The number of hydrogen-bond donors (Lipinski definition) is 2. The number of nitrogens with zero attached hydrogens (tertiary/aromatic N) is 2. The maximum atomic E-state index is 11.7. The highest BCUT2D eigenvalue weighted by molar-refractivity contribution is 5.84. The van der Waals surface area contributed by atoms with E-state index in [-0.39, 0.29) is 24.3 Å². The van der Waals surface area contributed by atoms with Gasteiger partial charge in [-0.15, -0.1) is 0 Å². The lowest BCUT2D eigenvalue weighted by atomic mass is 9.94. The van der Waals surface area contributed by atoms with Gasteiger partial charge in [0.2, 0.25) is 5.91 Å². The standard InChI is InChI=1S/C18H32N4O3/c1-14(2)10-19-17(21-12-16(23)22(3)4)20-11-15-13-24-18(25-15)8-6-5-7-9-18/h15H,1,5-13H2,2-4H3,(H2,19,20,21). The zero-order chi connectivity index (χ0) is 18.3. The van der Waals surface area contributed by atoms with E-state index in [0.717, 1.165) is 18.4 Å². The summed E-state index contributed by atoms with van der Waals surface area (Å²) in [5.74, 6) is 0.179. The number of likely N-dealkylation sites (N-methyl/N-ethyl adjacent to an activating group) is 1. The Morgan fingerprint density at radius 3 is 2.64 bits per heavy atom. The van der Waals surface area contributed by atoms with Crippen LogP contribution in [0.5, 0.6) is 0 Å². The van der Waals surface area contributed by atoms with Crippen LogP contribution < -0.4 is 10.6 Å². The first kappa shape index (κ1) is 19.7.